The van der Waals surface area contributed by atoms with Crippen LogP contribution in [0.25, 0.3) is 5.57 Å². The number of benzene rings is 2. The summed E-state index contributed by atoms with van der Waals surface area (Å²) in [5, 5.41) is 0. The first-order valence-corrected chi connectivity index (χ1v) is 5.87. The third-order valence-electron chi connectivity index (χ3n) is 2.49. The minimum atomic E-state index is -0.445. The molecule has 0 unspecified atom stereocenters. The largest absolute Gasteiger partial charge is 0.503 e. The summed E-state index contributed by atoms with van der Waals surface area (Å²) in [6.07, 6.45) is 1.39. The molecule has 19 heavy (non-hydrogen) atoms. The molecule has 0 fully saturated rings. The van der Waals surface area contributed by atoms with Crippen LogP contribution in [-0.2, 0) is 9.53 Å². The molecule has 0 N–H and O–H groups in total. The molecule has 2 rings (SSSR count). The molecule has 0 saturated heterocycles. The van der Waals surface area contributed by atoms with E-state index in [1.165, 1.54) is 13.4 Å². The number of methoxy groups -OCH3 is 1. The first kappa shape index (κ1) is 12.9. The fourth-order valence-corrected chi connectivity index (χ4v) is 1.62. The highest BCUT2D eigenvalue weighted by Crippen LogP contribution is 2.18. The molecule has 0 atom stereocenters. The van der Waals surface area contributed by atoms with Crippen LogP contribution in [0.5, 0.6) is 5.75 Å². The van der Waals surface area contributed by atoms with Crippen molar-refractivity contribution in [1.82, 2.24) is 0 Å². The van der Waals surface area contributed by atoms with Gasteiger partial charge in [0.2, 0.25) is 0 Å². The number of hydrogen-bond donors (Lipinski definition) is 0. The fourth-order valence-electron chi connectivity index (χ4n) is 1.62. The molecule has 0 heterocycles. The van der Waals surface area contributed by atoms with E-state index >= 15 is 0 Å². The number of rotatable bonds is 4. The molecular weight excluding hydrogens is 240 g/mol. The monoisotopic (exact) mass is 254 g/mol. The molecule has 0 aliphatic rings. The Kier molecular flexibility index (Phi) is 4.34. The summed E-state index contributed by atoms with van der Waals surface area (Å²) in [4.78, 5) is 12.1. The summed E-state index contributed by atoms with van der Waals surface area (Å²) in [7, 11) is 1.50. The molecule has 0 bridgehead atoms. The van der Waals surface area contributed by atoms with Crippen LogP contribution < -0.4 is 4.74 Å². The zero-order valence-electron chi connectivity index (χ0n) is 10.6. The average Bonchev–Trinajstić information content (AvgIpc) is 2.46. The number of ether oxygens (including phenoxy) is 2. The average molecular weight is 254 g/mol. The predicted octanol–water partition coefficient (Wildman–Crippen LogP) is 3.28. The van der Waals surface area contributed by atoms with E-state index < -0.39 is 5.97 Å². The van der Waals surface area contributed by atoms with Gasteiger partial charge in [-0.3, -0.25) is 0 Å². The number of esters is 1. The van der Waals surface area contributed by atoms with Crippen LogP contribution in [0.2, 0.25) is 0 Å². The van der Waals surface area contributed by atoms with Gasteiger partial charge in [0.25, 0.3) is 0 Å². The minimum absolute atomic E-state index is 0.381. The van der Waals surface area contributed by atoms with Gasteiger partial charge in [0.1, 0.15) is 11.3 Å². The van der Waals surface area contributed by atoms with Gasteiger partial charge >= 0.3 is 5.97 Å². The predicted molar refractivity (Wildman–Crippen MR) is 73.5 cm³/mol. The van der Waals surface area contributed by atoms with Crippen LogP contribution in [0.15, 0.2) is 66.9 Å². The number of carbonyl (C=O) groups excluding carboxylic acids is 1. The molecule has 0 aromatic heterocycles. The van der Waals surface area contributed by atoms with Crippen molar-refractivity contribution in [1.29, 1.82) is 0 Å². The van der Waals surface area contributed by atoms with Crippen LogP contribution in [-0.4, -0.2) is 13.1 Å². The molecule has 0 radical (unpaired) electrons. The van der Waals surface area contributed by atoms with Crippen LogP contribution in [0.3, 0.4) is 0 Å². The number of hydrogen-bond acceptors (Lipinski definition) is 3. The van der Waals surface area contributed by atoms with E-state index in [0.29, 0.717) is 11.3 Å². The summed E-state index contributed by atoms with van der Waals surface area (Å²) in [5.74, 6) is 0.0599. The lowest BCUT2D eigenvalue weighted by molar-refractivity contribution is -0.128. The Morgan fingerprint density at radius 1 is 0.947 bits per heavy atom. The summed E-state index contributed by atoms with van der Waals surface area (Å²) < 4.78 is 10.3. The molecule has 2 aromatic carbocycles. The van der Waals surface area contributed by atoms with Crippen molar-refractivity contribution in [2.45, 2.75) is 0 Å². The topological polar surface area (TPSA) is 35.5 Å². The van der Waals surface area contributed by atoms with Gasteiger partial charge in [-0.25, -0.2) is 4.79 Å². The maximum atomic E-state index is 12.1. The molecule has 3 nitrogen and oxygen atoms in total. The first-order valence-electron chi connectivity index (χ1n) is 5.87. The van der Waals surface area contributed by atoms with Crippen molar-refractivity contribution in [2.24, 2.45) is 0 Å². The molecule has 0 aliphatic heterocycles. The second kappa shape index (κ2) is 6.40. The zero-order valence-corrected chi connectivity index (χ0v) is 10.6. The fraction of sp³-hybridized carbons (Fsp3) is 0.0625. The Morgan fingerprint density at radius 2 is 1.53 bits per heavy atom. The van der Waals surface area contributed by atoms with E-state index in [2.05, 4.69) is 0 Å². The van der Waals surface area contributed by atoms with E-state index in [4.69, 9.17) is 9.47 Å². The highest BCUT2D eigenvalue weighted by molar-refractivity contribution is 6.16. The van der Waals surface area contributed by atoms with Crippen LogP contribution >= 0.6 is 0 Å². The van der Waals surface area contributed by atoms with E-state index in [9.17, 15) is 4.79 Å². The molecule has 0 amide bonds. The highest BCUT2D eigenvalue weighted by atomic mass is 16.5. The SMILES string of the molecule is COC=C(C(=O)Oc1ccccc1)c1ccccc1. The van der Waals surface area contributed by atoms with Crippen molar-refractivity contribution >= 4 is 11.5 Å². The Hall–Kier alpha value is -2.55. The maximum absolute atomic E-state index is 12.1. The third-order valence-corrected chi connectivity index (χ3v) is 2.49. The van der Waals surface area contributed by atoms with Gasteiger partial charge in [-0.1, -0.05) is 48.5 Å². The maximum Gasteiger partial charge on any atom is 0.347 e. The summed E-state index contributed by atoms with van der Waals surface area (Å²) >= 11 is 0. The van der Waals surface area contributed by atoms with Gasteiger partial charge in [-0.15, -0.1) is 0 Å². The smallest absolute Gasteiger partial charge is 0.347 e. The van der Waals surface area contributed by atoms with E-state index in [-0.39, 0.29) is 0 Å². The van der Waals surface area contributed by atoms with E-state index in [1.54, 1.807) is 12.1 Å². The van der Waals surface area contributed by atoms with Crippen LogP contribution in [0, 0.1) is 0 Å². The summed E-state index contributed by atoms with van der Waals surface area (Å²) in [6.45, 7) is 0. The van der Waals surface area contributed by atoms with Gasteiger partial charge in [0, 0.05) is 0 Å². The van der Waals surface area contributed by atoms with E-state index in [1.807, 2.05) is 48.5 Å². The van der Waals surface area contributed by atoms with Crippen LogP contribution in [0.4, 0.5) is 0 Å². The van der Waals surface area contributed by atoms with Crippen molar-refractivity contribution in [3.05, 3.63) is 72.5 Å². The molecule has 96 valence electrons. The van der Waals surface area contributed by atoms with Gasteiger partial charge < -0.3 is 9.47 Å². The second-order valence-corrected chi connectivity index (χ2v) is 3.84. The summed E-state index contributed by atoms with van der Waals surface area (Å²) in [6, 6.07) is 18.2. The van der Waals surface area contributed by atoms with Crippen molar-refractivity contribution < 1.29 is 14.3 Å². The first-order chi connectivity index (χ1) is 9.31. The van der Waals surface area contributed by atoms with Crippen molar-refractivity contribution in [3.8, 4) is 5.75 Å². The quantitative estimate of drug-likeness (QED) is 0.363. The molecule has 0 aliphatic carbocycles. The Morgan fingerprint density at radius 3 is 2.11 bits per heavy atom. The van der Waals surface area contributed by atoms with Gasteiger partial charge in [0.05, 0.1) is 13.4 Å². The van der Waals surface area contributed by atoms with Gasteiger partial charge in [-0.05, 0) is 17.7 Å². The molecular formula is C16H14O3. The lowest BCUT2D eigenvalue weighted by Gasteiger charge is -2.07. The minimum Gasteiger partial charge on any atom is -0.503 e. The molecule has 0 spiro atoms. The standard InChI is InChI=1S/C16H14O3/c1-18-12-15(13-8-4-2-5-9-13)16(17)19-14-10-6-3-7-11-14/h2-12H,1H3. The van der Waals surface area contributed by atoms with Crippen molar-refractivity contribution in [2.75, 3.05) is 7.11 Å². The lowest BCUT2D eigenvalue weighted by Crippen LogP contribution is -2.10. The third kappa shape index (κ3) is 3.45. The van der Waals surface area contributed by atoms with Crippen molar-refractivity contribution in [3.63, 3.8) is 0 Å². The van der Waals surface area contributed by atoms with Crippen LogP contribution in [0.1, 0.15) is 5.56 Å². The summed E-state index contributed by atoms with van der Waals surface area (Å²) in [5.41, 5.74) is 1.14. The molecule has 3 heteroatoms. The Balaban J connectivity index is 2.21. The highest BCUT2D eigenvalue weighted by Gasteiger charge is 2.14. The lowest BCUT2D eigenvalue weighted by atomic mass is 10.1. The normalized spacial score (nSPS) is 10.9. The van der Waals surface area contributed by atoms with E-state index in [0.717, 1.165) is 5.56 Å². The van der Waals surface area contributed by atoms with Gasteiger partial charge in [-0.2, -0.15) is 0 Å². The number of carbonyl (C=O) groups is 1. The zero-order chi connectivity index (χ0) is 13.5. The molecule has 0 saturated carbocycles. The number of para-hydroxylation sites is 1. The Bertz CT molecular complexity index is 559. The second-order valence-electron chi connectivity index (χ2n) is 3.84. The van der Waals surface area contributed by atoms with Gasteiger partial charge in [0.15, 0.2) is 0 Å². The molecule has 2 aromatic rings. The Labute approximate surface area is 112 Å².